The fourth-order valence-electron chi connectivity index (χ4n) is 2.66. The molecule has 0 aliphatic carbocycles. The summed E-state index contributed by atoms with van der Waals surface area (Å²) in [5, 5.41) is 2.96. The van der Waals surface area contributed by atoms with E-state index in [-0.39, 0.29) is 16.8 Å². The zero-order valence-electron chi connectivity index (χ0n) is 15.7. The molecule has 0 unspecified atom stereocenters. The van der Waals surface area contributed by atoms with E-state index in [9.17, 15) is 13.2 Å². The largest absolute Gasteiger partial charge is 0.349 e. The Bertz CT molecular complexity index is 870. The van der Waals surface area contributed by atoms with Crippen LogP contribution in [0.3, 0.4) is 0 Å². The Morgan fingerprint density at radius 2 is 1.62 bits per heavy atom. The average molecular weight is 375 g/mol. The van der Waals surface area contributed by atoms with Gasteiger partial charge in [-0.1, -0.05) is 26.0 Å². The maximum absolute atomic E-state index is 12.6. The van der Waals surface area contributed by atoms with E-state index in [4.69, 9.17) is 0 Å². The molecule has 2 aromatic rings. The minimum atomic E-state index is -3.68. The molecule has 26 heavy (non-hydrogen) atoms. The number of hydrogen-bond donors (Lipinski definition) is 2. The molecule has 140 valence electrons. The number of carbonyl (C=O) groups is 1. The van der Waals surface area contributed by atoms with Crippen LogP contribution in [0.2, 0.25) is 0 Å². The van der Waals surface area contributed by atoms with Crippen LogP contribution in [0.25, 0.3) is 0 Å². The van der Waals surface area contributed by atoms with Gasteiger partial charge in [-0.15, -0.1) is 0 Å². The van der Waals surface area contributed by atoms with Gasteiger partial charge in [0.25, 0.3) is 15.9 Å². The van der Waals surface area contributed by atoms with Crippen molar-refractivity contribution in [1.29, 1.82) is 0 Å². The second kappa shape index (κ2) is 8.36. The minimum Gasteiger partial charge on any atom is -0.349 e. The van der Waals surface area contributed by atoms with Crippen molar-refractivity contribution in [3.8, 4) is 0 Å². The van der Waals surface area contributed by atoms with Gasteiger partial charge in [-0.05, 0) is 68.1 Å². The van der Waals surface area contributed by atoms with Gasteiger partial charge in [0.1, 0.15) is 0 Å². The second-order valence-electron chi connectivity index (χ2n) is 6.44. The van der Waals surface area contributed by atoms with E-state index in [1.807, 2.05) is 26.8 Å². The standard InChI is InChI=1S/C20H26N2O3S/c1-5-17(6-2)21-20(23)16-9-11-18(12-10-16)22-26(24,25)19-13-14(3)7-8-15(19)4/h7-13,17,22H,5-6H2,1-4H3,(H,21,23). The van der Waals surface area contributed by atoms with Crippen LogP contribution >= 0.6 is 0 Å². The van der Waals surface area contributed by atoms with E-state index in [1.165, 1.54) is 0 Å². The number of hydrogen-bond acceptors (Lipinski definition) is 3. The van der Waals surface area contributed by atoms with Crippen molar-refractivity contribution in [1.82, 2.24) is 5.32 Å². The van der Waals surface area contributed by atoms with Gasteiger partial charge >= 0.3 is 0 Å². The monoisotopic (exact) mass is 374 g/mol. The van der Waals surface area contributed by atoms with Crippen LogP contribution in [0.15, 0.2) is 47.4 Å². The van der Waals surface area contributed by atoms with Gasteiger partial charge in [0, 0.05) is 17.3 Å². The summed E-state index contributed by atoms with van der Waals surface area (Å²) in [4.78, 5) is 12.5. The Hall–Kier alpha value is -2.34. The highest BCUT2D eigenvalue weighted by molar-refractivity contribution is 7.92. The summed E-state index contributed by atoms with van der Waals surface area (Å²) in [5.41, 5.74) is 2.49. The van der Waals surface area contributed by atoms with Crippen molar-refractivity contribution in [2.45, 2.75) is 51.5 Å². The highest BCUT2D eigenvalue weighted by atomic mass is 32.2. The van der Waals surface area contributed by atoms with Gasteiger partial charge in [0.2, 0.25) is 0 Å². The van der Waals surface area contributed by atoms with Gasteiger partial charge < -0.3 is 5.32 Å². The molecule has 0 aliphatic rings. The van der Waals surface area contributed by atoms with E-state index < -0.39 is 10.0 Å². The SMILES string of the molecule is CCC(CC)NC(=O)c1ccc(NS(=O)(=O)c2cc(C)ccc2C)cc1. The summed E-state index contributed by atoms with van der Waals surface area (Å²) < 4.78 is 27.8. The number of aryl methyl sites for hydroxylation is 2. The molecule has 0 saturated carbocycles. The van der Waals surface area contributed by atoms with Crippen LogP contribution < -0.4 is 10.0 Å². The molecule has 2 rings (SSSR count). The van der Waals surface area contributed by atoms with E-state index in [0.29, 0.717) is 16.8 Å². The summed E-state index contributed by atoms with van der Waals surface area (Å²) in [6, 6.07) is 11.9. The van der Waals surface area contributed by atoms with Crippen molar-refractivity contribution >= 4 is 21.6 Å². The molecule has 1 amide bonds. The Morgan fingerprint density at radius 3 is 2.19 bits per heavy atom. The molecule has 6 heteroatoms. The molecule has 0 fully saturated rings. The molecule has 2 N–H and O–H groups in total. The third kappa shape index (κ3) is 4.85. The van der Waals surface area contributed by atoms with Crippen molar-refractivity contribution in [3.63, 3.8) is 0 Å². The highest BCUT2D eigenvalue weighted by Gasteiger charge is 2.17. The Kier molecular flexibility index (Phi) is 6.42. The van der Waals surface area contributed by atoms with Crippen LogP contribution in [-0.2, 0) is 10.0 Å². The molecule has 0 aromatic heterocycles. The molecule has 0 radical (unpaired) electrons. The Balaban J connectivity index is 2.16. The Morgan fingerprint density at radius 1 is 1.00 bits per heavy atom. The Labute approximate surface area is 155 Å². The quantitative estimate of drug-likeness (QED) is 0.768. The van der Waals surface area contributed by atoms with Gasteiger partial charge in [0.15, 0.2) is 0 Å². The first kappa shape index (κ1) is 20.0. The van der Waals surface area contributed by atoms with Crippen LogP contribution in [0, 0.1) is 13.8 Å². The van der Waals surface area contributed by atoms with E-state index in [0.717, 1.165) is 18.4 Å². The predicted molar refractivity (Wildman–Crippen MR) is 105 cm³/mol. The van der Waals surface area contributed by atoms with E-state index >= 15 is 0 Å². The topological polar surface area (TPSA) is 75.3 Å². The fourth-order valence-corrected chi connectivity index (χ4v) is 4.05. The lowest BCUT2D eigenvalue weighted by atomic mass is 10.1. The van der Waals surface area contributed by atoms with Gasteiger partial charge in [0.05, 0.1) is 4.90 Å². The molecule has 5 nitrogen and oxygen atoms in total. The van der Waals surface area contributed by atoms with Crippen LogP contribution in [-0.4, -0.2) is 20.4 Å². The van der Waals surface area contributed by atoms with Crippen molar-refractivity contribution < 1.29 is 13.2 Å². The molecule has 2 aromatic carbocycles. The summed E-state index contributed by atoms with van der Waals surface area (Å²) in [6.45, 7) is 7.67. The lowest BCUT2D eigenvalue weighted by Crippen LogP contribution is -2.33. The number of sulfonamides is 1. The summed E-state index contributed by atoms with van der Waals surface area (Å²) in [7, 11) is -3.68. The molecule has 0 bridgehead atoms. The first-order valence-corrected chi connectivity index (χ1v) is 10.3. The van der Waals surface area contributed by atoms with Crippen LogP contribution in [0.1, 0.15) is 48.2 Å². The van der Waals surface area contributed by atoms with Gasteiger partial charge in [-0.25, -0.2) is 8.42 Å². The fraction of sp³-hybridized carbons (Fsp3) is 0.350. The highest BCUT2D eigenvalue weighted by Crippen LogP contribution is 2.21. The van der Waals surface area contributed by atoms with Crippen molar-refractivity contribution in [3.05, 3.63) is 59.2 Å². The number of rotatable bonds is 7. The normalized spacial score (nSPS) is 11.4. The summed E-state index contributed by atoms with van der Waals surface area (Å²) >= 11 is 0. The first-order chi connectivity index (χ1) is 12.3. The molecule has 0 aliphatic heterocycles. The maximum Gasteiger partial charge on any atom is 0.262 e. The van der Waals surface area contributed by atoms with Gasteiger partial charge in [-0.2, -0.15) is 0 Å². The van der Waals surface area contributed by atoms with Crippen LogP contribution in [0.5, 0.6) is 0 Å². The molecule has 0 saturated heterocycles. The molecule has 0 atom stereocenters. The number of anilines is 1. The summed E-state index contributed by atoms with van der Waals surface area (Å²) in [5.74, 6) is -0.150. The van der Waals surface area contributed by atoms with Gasteiger partial charge in [-0.3, -0.25) is 9.52 Å². The molecular formula is C20H26N2O3S. The number of benzene rings is 2. The number of carbonyl (C=O) groups excluding carboxylic acids is 1. The first-order valence-electron chi connectivity index (χ1n) is 8.77. The lowest BCUT2D eigenvalue weighted by molar-refractivity contribution is 0.0935. The van der Waals surface area contributed by atoms with E-state index in [1.54, 1.807) is 43.3 Å². The predicted octanol–water partition coefficient (Wildman–Crippen LogP) is 4.02. The smallest absolute Gasteiger partial charge is 0.262 e. The second-order valence-corrected chi connectivity index (χ2v) is 8.09. The average Bonchev–Trinajstić information content (AvgIpc) is 2.61. The third-order valence-electron chi connectivity index (χ3n) is 4.35. The maximum atomic E-state index is 12.6. The number of nitrogens with one attached hydrogen (secondary N) is 2. The third-order valence-corrected chi connectivity index (χ3v) is 5.88. The molecule has 0 heterocycles. The minimum absolute atomic E-state index is 0.143. The van der Waals surface area contributed by atoms with E-state index in [2.05, 4.69) is 10.0 Å². The van der Waals surface area contributed by atoms with Crippen molar-refractivity contribution in [2.75, 3.05) is 4.72 Å². The lowest BCUT2D eigenvalue weighted by Gasteiger charge is -2.15. The molecular weight excluding hydrogens is 348 g/mol. The van der Waals surface area contributed by atoms with Crippen LogP contribution in [0.4, 0.5) is 5.69 Å². The zero-order valence-corrected chi connectivity index (χ0v) is 16.5. The summed E-state index contributed by atoms with van der Waals surface area (Å²) in [6.07, 6.45) is 1.74. The number of amides is 1. The zero-order chi connectivity index (χ0) is 19.3. The van der Waals surface area contributed by atoms with Crippen molar-refractivity contribution in [2.24, 2.45) is 0 Å². The molecule has 0 spiro atoms.